The van der Waals surface area contributed by atoms with Crippen LogP contribution in [0, 0.1) is 6.92 Å². The molecule has 3 rings (SSSR count). The van der Waals surface area contributed by atoms with E-state index < -0.39 is 0 Å². The van der Waals surface area contributed by atoms with Crippen LogP contribution in [0.25, 0.3) is 0 Å². The van der Waals surface area contributed by atoms with Gasteiger partial charge in [0.15, 0.2) is 0 Å². The largest absolute Gasteiger partial charge is 0.378 e. The van der Waals surface area contributed by atoms with Crippen molar-refractivity contribution in [3.8, 4) is 0 Å². The second-order valence-electron chi connectivity index (χ2n) is 5.43. The van der Waals surface area contributed by atoms with Gasteiger partial charge in [0.2, 0.25) is 0 Å². The Morgan fingerprint density at radius 3 is 2.67 bits per heavy atom. The number of nitrogens with one attached hydrogen (secondary N) is 2. The zero-order chi connectivity index (χ0) is 16.8. The Bertz CT molecular complexity index is 816. The predicted octanol–water partition coefficient (Wildman–Crippen LogP) is 3.65. The van der Waals surface area contributed by atoms with Gasteiger partial charge >= 0.3 is 0 Å². The standard InChI is InChI=1S/C19H18N4O/c1-14-5-4-6-15(11-14)19(24)23-18-9-8-17(13-22-18)21-12-16-7-2-3-10-20-16/h2-11,13,21H,12H2,1H3,(H,22,23,24). The highest BCUT2D eigenvalue weighted by Gasteiger charge is 2.06. The first-order chi connectivity index (χ1) is 11.7. The number of hydrogen-bond acceptors (Lipinski definition) is 4. The molecule has 0 radical (unpaired) electrons. The number of pyridine rings is 2. The average Bonchev–Trinajstić information content (AvgIpc) is 2.62. The van der Waals surface area contributed by atoms with Gasteiger partial charge in [-0.1, -0.05) is 23.8 Å². The second kappa shape index (κ2) is 7.37. The summed E-state index contributed by atoms with van der Waals surface area (Å²) in [4.78, 5) is 20.7. The third-order valence-corrected chi connectivity index (χ3v) is 3.49. The summed E-state index contributed by atoms with van der Waals surface area (Å²) in [7, 11) is 0. The van der Waals surface area contributed by atoms with Crippen LogP contribution in [0.2, 0.25) is 0 Å². The van der Waals surface area contributed by atoms with Crippen molar-refractivity contribution in [2.75, 3.05) is 10.6 Å². The van der Waals surface area contributed by atoms with Crippen molar-refractivity contribution in [2.24, 2.45) is 0 Å². The van der Waals surface area contributed by atoms with Crippen LogP contribution in [-0.4, -0.2) is 15.9 Å². The molecule has 0 atom stereocenters. The monoisotopic (exact) mass is 318 g/mol. The summed E-state index contributed by atoms with van der Waals surface area (Å²) in [6.45, 7) is 2.58. The SMILES string of the molecule is Cc1cccc(C(=O)Nc2ccc(NCc3ccccn3)cn2)c1. The number of aromatic nitrogens is 2. The Morgan fingerprint density at radius 2 is 1.96 bits per heavy atom. The van der Waals surface area contributed by atoms with Gasteiger partial charge in [0.1, 0.15) is 5.82 Å². The molecular weight excluding hydrogens is 300 g/mol. The number of nitrogens with zero attached hydrogens (tertiary/aromatic N) is 2. The maximum atomic E-state index is 12.2. The van der Waals surface area contributed by atoms with E-state index in [0.29, 0.717) is 17.9 Å². The smallest absolute Gasteiger partial charge is 0.256 e. The minimum absolute atomic E-state index is 0.166. The van der Waals surface area contributed by atoms with Gasteiger partial charge in [-0.15, -0.1) is 0 Å². The quantitative estimate of drug-likeness (QED) is 0.753. The van der Waals surface area contributed by atoms with Gasteiger partial charge in [-0.05, 0) is 43.3 Å². The van der Waals surface area contributed by atoms with Crippen molar-refractivity contribution in [1.29, 1.82) is 0 Å². The molecule has 0 unspecified atom stereocenters. The fourth-order valence-corrected chi connectivity index (χ4v) is 2.24. The van der Waals surface area contributed by atoms with Gasteiger partial charge < -0.3 is 10.6 Å². The van der Waals surface area contributed by atoms with Crippen LogP contribution < -0.4 is 10.6 Å². The topological polar surface area (TPSA) is 66.9 Å². The number of hydrogen-bond donors (Lipinski definition) is 2. The number of benzene rings is 1. The van der Waals surface area contributed by atoms with Crippen LogP contribution in [0.4, 0.5) is 11.5 Å². The normalized spacial score (nSPS) is 10.2. The Morgan fingerprint density at radius 1 is 1.04 bits per heavy atom. The molecule has 0 saturated carbocycles. The Kier molecular flexibility index (Phi) is 4.81. The molecular formula is C19H18N4O. The van der Waals surface area contributed by atoms with Crippen molar-refractivity contribution in [1.82, 2.24) is 9.97 Å². The summed E-state index contributed by atoms with van der Waals surface area (Å²) in [6, 6.07) is 16.9. The molecule has 5 nitrogen and oxygen atoms in total. The minimum Gasteiger partial charge on any atom is -0.378 e. The minimum atomic E-state index is -0.166. The fourth-order valence-electron chi connectivity index (χ4n) is 2.24. The first-order valence-corrected chi connectivity index (χ1v) is 7.68. The van der Waals surface area contributed by atoms with Gasteiger partial charge in [-0.25, -0.2) is 4.98 Å². The zero-order valence-electron chi connectivity index (χ0n) is 13.4. The van der Waals surface area contributed by atoms with E-state index in [0.717, 1.165) is 16.9 Å². The maximum absolute atomic E-state index is 12.2. The van der Waals surface area contributed by atoms with Crippen molar-refractivity contribution >= 4 is 17.4 Å². The molecule has 0 bridgehead atoms. The van der Waals surface area contributed by atoms with E-state index in [4.69, 9.17) is 0 Å². The summed E-state index contributed by atoms with van der Waals surface area (Å²) in [5.74, 6) is 0.352. The summed E-state index contributed by atoms with van der Waals surface area (Å²) in [5.41, 5.74) is 3.49. The van der Waals surface area contributed by atoms with Gasteiger partial charge in [0, 0.05) is 11.8 Å². The van der Waals surface area contributed by atoms with E-state index in [-0.39, 0.29) is 5.91 Å². The molecule has 3 aromatic rings. The molecule has 1 aromatic carbocycles. The lowest BCUT2D eigenvalue weighted by Gasteiger charge is -2.08. The van der Waals surface area contributed by atoms with E-state index in [1.165, 1.54) is 0 Å². The van der Waals surface area contributed by atoms with E-state index in [1.54, 1.807) is 24.5 Å². The molecule has 0 saturated heterocycles. The molecule has 0 aliphatic carbocycles. The predicted molar refractivity (Wildman–Crippen MR) is 94.9 cm³/mol. The van der Waals surface area contributed by atoms with E-state index in [9.17, 15) is 4.79 Å². The summed E-state index contributed by atoms with van der Waals surface area (Å²) in [6.07, 6.45) is 3.45. The van der Waals surface area contributed by atoms with Crippen molar-refractivity contribution in [3.05, 3.63) is 83.8 Å². The van der Waals surface area contributed by atoms with Crippen LogP contribution in [0.5, 0.6) is 0 Å². The third kappa shape index (κ3) is 4.16. The molecule has 5 heteroatoms. The van der Waals surface area contributed by atoms with Gasteiger partial charge in [0.25, 0.3) is 5.91 Å². The first-order valence-electron chi connectivity index (χ1n) is 7.68. The number of carbonyl (C=O) groups excluding carboxylic acids is 1. The first kappa shape index (κ1) is 15.7. The number of amides is 1. The van der Waals surface area contributed by atoms with Crippen molar-refractivity contribution < 1.29 is 4.79 Å². The molecule has 24 heavy (non-hydrogen) atoms. The molecule has 120 valence electrons. The summed E-state index contributed by atoms with van der Waals surface area (Å²) in [5, 5.41) is 6.04. The summed E-state index contributed by atoms with van der Waals surface area (Å²) >= 11 is 0. The Labute approximate surface area is 140 Å². The highest BCUT2D eigenvalue weighted by Crippen LogP contribution is 2.12. The molecule has 1 amide bonds. The molecule has 0 fully saturated rings. The van der Waals surface area contributed by atoms with Crippen molar-refractivity contribution in [2.45, 2.75) is 13.5 Å². The highest BCUT2D eigenvalue weighted by atomic mass is 16.1. The molecule has 2 heterocycles. The van der Waals surface area contributed by atoms with Gasteiger partial charge in [-0.2, -0.15) is 0 Å². The third-order valence-electron chi connectivity index (χ3n) is 3.49. The van der Waals surface area contributed by atoms with Gasteiger partial charge in [-0.3, -0.25) is 9.78 Å². The van der Waals surface area contributed by atoms with Crippen LogP contribution in [0.15, 0.2) is 67.0 Å². The highest BCUT2D eigenvalue weighted by molar-refractivity contribution is 6.03. The number of carbonyl (C=O) groups is 1. The molecule has 2 N–H and O–H groups in total. The lowest BCUT2D eigenvalue weighted by Crippen LogP contribution is -2.13. The fraction of sp³-hybridized carbons (Fsp3) is 0.105. The maximum Gasteiger partial charge on any atom is 0.256 e. The van der Waals surface area contributed by atoms with Crippen LogP contribution in [-0.2, 0) is 6.54 Å². The Balaban J connectivity index is 1.59. The molecule has 0 aliphatic heterocycles. The summed E-state index contributed by atoms with van der Waals surface area (Å²) < 4.78 is 0. The van der Waals surface area contributed by atoms with Crippen LogP contribution in [0.3, 0.4) is 0 Å². The van der Waals surface area contributed by atoms with Crippen LogP contribution >= 0.6 is 0 Å². The van der Waals surface area contributed by atoms with Gasteiger partial charge in [0.05, 0.1) is 24.1 Å². The molecule has 0 aliphatic rings. The number of aryl methyl sites for hydroxylation is 1. The molecule has 2 aromatic heterocycles. The number of anilines is 2. The second-order valence-corrected chi connectivity index (χ2v) is 5.43. The lowest BCUT2D eigenvalue weighted by molar-refractivity contribution is 0.102. The number of rotatable bonds is 5. The Hall–Kier alpha value is -3.21. The lowest BCUT2D eigenvalue weighted by atomic mass is 10.1. The van der Waals surface area contributed by atoms with E-state index in [2.05, 4.69) is 20.6 Å². The average molecular weight is 318 g/mol. The van der Waals surface area contributed by atoms with E-state index >= 15 is 0 Å². The molecule has 0 spiro atoms. The van der Waals surface area contributed by atoms with E-state index in [1.807, 2.05) is 49.4 Å². The zero-order valence-corrected chi connectivity index (χ0v) is 13.4. The van der Waals surface area contributed by atoms with Crippen molar-refractivity contribution in [3.63, 3.8) is 0 Å². The van der Waals surface area contributed by atoms with Crippen LogP contribution in [0.1, 0.15) is 21.6 Å².